The van der Waals surface area contributed by atoms with Crippen molar-refractivity contribution in [2.24, 2.45) is 15.2 Å². The molecule has 160 valence electrons. The molecule has 0 aliphatic carbocycles. The third-order valence-corrected chi connectivity index (χ3v) is 6.56. The normalized spacial score (nSPS) is 16.5. The van der Waals surface area contributed by atoms with Crippen molar-refractivity contribution in [2.45, 2.75) is 10.8 Å². The van der Waals surface area contributed by atoms with Crippen molar-refractivity contribution in [2.75, 3.05) is 6.54 Å². The molecule has 0 amide bonds. The molecule has 4 rings (SSSR count). The van der Waals surface area contributed by atoms with E-state index < -0.39 is 10.0 Å². The van der Waals surface area contributed by atoms with Crippen LogP contribution in [-0.2, 0) is 10.0 Å². The van der Waals surface area contributed by atoms with Crippen molar-refractivity contribution < 1.29 is 8.42 Å². The second-order valence-corrected chi connectivity index (χ2v) is 9.14. The number of nitrogens with zero attached hydrogens (tertiary/aromatic N) is 4. The Labute approximate surface area is 191 Å². The molecular formula is C23H18ClN5O2S. The molecule has 1 aliphatic rings. The van der Waals surface area contributed by atoms with E-state index in [2.05, 4.69) is 9.50 Å². The van der Waals surface area contributed by atoms with Crippen LogP contribution in [0.25, 0.3) is 0 Å². The Hall–Kier alpha value is -3.67. The fourth-order valence-corrected chi connectivity index (χ4v) is 4.45. The van der Waals surface area contributed by atoms with Crippen LogP contribution in [0.1, 0.15) is 22.6 Å². The summed E-state index contributed by atoms with van der Waals surface area (Å²) in [7, 11) is -4.07. The summed E-state index contributed by atoms with van der Waals surface area (Å²) in [5.74, 6) is -0.372. The lowest BCUT2D eigenvalue weighted by atomic mass is 9.91. The number of rotatable bonds is 4. The molecule has 1 heterocycles. The summed E-state index contributed by atoms with van der Waals surface area (Å²) in [4.78, 5) is -0.0554. The standard InChI is InChI=1S/C23H18ClN5O2S/c24-19-10-8-18(9-11-19)22-21(17-4-2-1-3-5-17)15-29(27-22)23(26)28-32(30,31)20-12-6-16(14-25)7-13-20/h1-13,21H,15H2,(H2,26,28)/t21-/m1/s1/i14-1. The van der Waals surface area contributed by atoms with Gasteiger partial charge in [0, 0.05) is 10.9 Å². The average Bonchev–Trinajstić information content (AvgIpc) is 3.26. The smallest absolute Gasteiger partial charge is 0.285 e. The van der Waals surface area contributed by atoms with Crippen molar-refractivity contribution in [3.8, 4) is 6.07 Å². The minimum Gasteiger partial charge on any atom is -0.367 e. The third kappa shape index (κ3) is 4.49. The zero-order chi connectivity index (χ0) is 22.7. The van der Waals surface area contributed by atoms with E-state index >= 15 is 0 Å². The minimum atomic E-state index is -4.07. The molecule has 7 nitrogen and oxygen atoms in total. The highest BCUT2D eigenvalue weighted by Crippen LogP contribution is 2.29. The van der Waals surface area contributed by atoms with Gasteiger partial charge in [-0.3, -0.25) is 0 Å². The first kappa shape index (κ1) is 21.6. The first-order valence-electron chi connectivity index (χ1n) is 9.65. The molecule has 0 saturated carbocycles. The summed E-state index contributed by atoms with van der Waals surface area (Å²) in [5.41, 5.74) is 9.04. The van der Waals surface area contributed by atoms with Crippen LogP contribution >= 0.6 is 11.6 Å². The van der Waals surface area contributed by atoms with E-state index in [-0.39, 0.29) is 16.8 Å². The van der Waals surface area contributed by atoms with Crippen molar-refractivity contribution in [1.82, 2.24) is 5.01 Å². The van der Waals surface area contributed by atoms with Gasteiger partial charge in [-0.15, -0.1) is 4.40 Å². The highest BCUT2D eigenvalue weighted by Gasteiger charge is 2.31. The topological polar surface area (TPSA) is 112 Å². The van der Waals surface area contributed by atoms with Gasteiger partial charge in [-0.05, 0) is 47.5 Å². The summed E-state index contributed by atoms with van der Waals surface area (Å²) in [5, 5.41) is 15.5. The van der Waals surface area contributed by atoms with E-state index in [9.17, 15) is 8.42 Å². The van der Waals surface area contributed by atoms with Crippen LogP contribution in [0.4, 0.5) is 0 Å². The second kappa shape index (κ2) is 8.83. The summed E-state index contributed by atoms with van der Waals surface area (Å²) >= 11 is 6.03. The molecule has 0 bridgehead atoms. The number of nitriles is 1. The monoisotopic (exact) mass is 462 g/mol. The summed E-state index contributed by atoms with van der Waals surface area (Å²) < 4.78 is 29.2. The molecule has 3 aromatic rings. The highest BCUT2D eigenvalue weighted by atomic mass is 35.5. The number of hydrazone groups is 1. The molecule has 0 radical (unpaired) electrons. The van der Waals surface area contributed by atoms with Crippen LogP contribution < -0.4 is 5.73 Å². The Morgan fingerprint density at radius 3 is 2.34 bits per heavy atom. The van der Waals surface area contributed by atoms with E-state index in [0.29, 0.717) is 17.1 Å². The zero-order valence-electron chi connectivity index (χ0n) is 16.8. The molecule has 1 aliphatic heterocycles. The van der Waals surface area contributed by atoms with Gasteiger partial charge in [0.2, 0.25) is 5.96 Å². The Morgan fingerprint density at radius 2 is 1.72 bits per heavy atom. The number of benzene rings is 3. The zero-order valence-corrected chi connectivity index (χ0v) is 18.3. The molecule has 1 atom stereocenters. The third-order valence-electron chi connectivity index (χ3n) is 5.02. The predicted molar refractivity (Wildman–Crippen MR) is 124 cm³/mol. The number of sulfonamides is 1. The highest BCUT2D eigenvalue weighted by molar-refractivity contribution is 7.90. The predicted octanol–water partition coefficient (Wildman–Crippen LogP) is 3.72. The van der Waals surface area contributed by atoms with E-state index in [4.69, 9.17) is 22.6 Å². The van der Waals surface area contributed by atoms with Gasteiger partial charge in [0.15, 0.2) is 0 Å². The van der Waals surface area contributed by atoms with Crippen LogP contribution in [0.5, 0.6) is 0 Å². The largest absolute Gasteiger partial charge is 0.367 e. The van der Waals surface area contributed by atoms with Crippen molar-refractivity contribution in [3.63, 3.8) is 0 Å². The summed E-state index contributed by atoms with van der Waals surface area (Å²) in [6.07, 6.45) is 0. The van der Waals surface area contributed by atoms with Gasteiger partial charge in [0.1, 0.15) is 0 Å². The van der Waals surface area contributed by atoms with Gasteiger partial charge in [0.25, 0.3) is 10.0 Å². The molecule has 0 aromatic heterocycles. The Kier molecular flexibility index (Phi) is 5.95. The van der Waals surface area contributed by atoms with Crippen LogP contribution in [-0.4, -0.2) is 31.6 Å². The first-order chi connectivity index (χ1) is 15.4. The number of nitrogens with two attached hydrogens (primary N) is 1. The van der Waals surface area contributed by atoms with Crippen molar-refractivity contribution in [1.29, 1.82) is 5.26 Å². The lowest BCUT2D eigenvalue weighted by molar-refractivity contribution is 0.470. The maximum Gasteiger partial charge on any atom is 0.285 e. The average molecular weight is 463 g/mol. The molecule has 2 N–H and O–H groups in total. The maximum absolute atomic E-state index is 12.7. The van der Waals surface area contributed by atoms with Crippen LogP contribution in [0.15, 0.2) is 93.3 Å². The molecule has 3 aromatic carbocycles. The fourth-order valence-electron chi connectivity index (χ4n) is 3.40. The quantitative estimate of drug-likeness (QED) is 0.469. The molecule has 0 saturated heterocycles. The SMILES string of the molecule is N#[11C]c1ccc(S(=O)(=O)/N=C(\N)N2C[C@H](c3ccccc3)C(c3ccc(Cl)cc3)=N2)cc1. The van der Waals surface area contributed by atoms with Gasteiger partial charge >= 0.3 is 0 Å². The van der Waals surface area contributed by atoms with E-state index in [1.807, 2.05) is 48.5 Å². The van der Waals surface area contributed by atoms with Crippen LogP contribution in [0, 0.1) is 11.3 Å². The van der Waals surface area contributed by atoms with Crippen LogP contribution in [0.3, 0.4) is 0 Å². The number of guanidine groups is 1. The van der Waals surface area contributed by atoms with Crippen molar-refractivity contribution >= 4 is 33.3 Å². The Morgan fingerprint density at radius 1 is 1.06 bits per heavy atom. The maximum atomic E-state index is 12.7. The lowest BCUT2D eigenvalue weighted by Crippen LogP contribution is -2.33. The van der Waals surface area contributed by atoms with Gasteiger partial charge in [0.05, 0.1) is 28.8 Å². The van der Waals surface area contributed by atoms with Gasteiger partial charge in [-0.1, -0.05) is 54.1 Å². The van der Waals surface area contributed by atoms with E-state index in [0.717, 1.165) is 16.8 Å². The second-order valence-electron chi connectivity index (χ2n) is 7.10. The fraction of sp³-hybridized carbons (Fsp3) is 0.0870. The lowest BCUT2D eigenvalue weighted by Gasteiger charge is -2.15. The molecule has 32 heavy (non-hydrogen) atoms. The van der Waals surface area contributed by atoms with E-state index in [1.165, 1.54) is 29.3 Å². The molecule has 0 fully saturated rings. The Bertz CT molecular complexity index is 1330. The van der Waals surface area contributed by atoms with Crippen LogP contribution in [0.2, 0.25) is 5.02 Å². The molecule has 9 heteroatoms. The van der Waals surface area contributed by atoms with Gasteiger partial charge in [-0.2, -0.15) is 18.8 Å². The number of halogens is 1. The molecular weight excluding hydrogens is 445 g/mol. The first-order valence-corrected chi connectivity index (χ1v) is 11.5. The van der Waals surface area contributed by atoms with Gasteiger partial charge < -0.3 is 5.73 Å². The molecule has 0 spiro atoms. The Balaban J connectivity index is 1.69. The van der Waals surface area contributed by atoms with Gasteiger partial charge in [-0.25, -0.2) is 5.01 Å². The molecule has 0 unspecified atom stereocenters. The van der Waals surface area contributed by atoms with E-state index in [1.54, 1.807) is 12.1 Å². The number of hydrogen-bond acceptors (Lipinski definition) is 4. The summed E-state index contributed by atoms with van der Waals surface area (Å²) in [6, 6.07) is 24.5. The van der Waals surface area contributed by atoms with Crippen molar-refractivity contribution in [3.05, 3.63) is 101 Å². The number of hydrogen-bond donors (Lipinski definition) is 1. The minimum absolute atomic E-state index is 0.0554. The summed E-state index contributed by atoms with van der Waals surface area (Å²) in [6.45, 7) is 0.334.